The van der Waals surface area contributed by atoms with Crippen molar-refractivity contribution in [2.75, 3.05) is 6.61 Å². The van der Waals surface area contributed by atoms with Gasteiger partial charge in [-0.25, -0.2) is 9.18 Å². The fourth-order valence-corrected chi connectivity index (χ4v) is 2.78. The van der Waals surface area contributed by atoms with Gasteiger partial charge in [0.2, 0.25) is 0 Å². The number of hydrogen-bond acceptors (Lipinski definition) is 3. The minimum Gasteiger partial charge on any atom is -0.484 e. The van der Waals surface area contributed by atoms with Gasteiger partial charge in [-0.2, -0.15) is 0 Å². The van der Waals surface area contributed by atoms with Gasteiger partial charge in [-0.3, -0.25) is 10.1 Å². The predicted octanol–water partition coefficient (Wildman–Crippen LogP) is 3.26. The highest BCUT2D eigenvalue weighted by molar-refractivity contribution is 6.30. The van der Waals surface area contributed by atoms with Crippen molar-refractivity contribution in [3.8, 4) is 5.75 Å². The largest absolute Gasteiger partial charge is 0.484 e. The van der Waals surface area contributed by atoms with Gasteiger partial charge in [0.05, 0.1) is 5.02 Å². The number of carbonyl (C=O) groups excluding carboxylic acids is 2. The summed E-state index contributed by atoms with van der Waals surface area (Å²) in [4.78, 5) is 23.5. The zero-order valence-electron chi connectivity index (χ0n) is 12.9. The number of urea groups is 1. The second kappa shape index (κ2) is 8.15. The van der Waals surface area contributed by atoms with Crippen molar-refractivity contribution in [2.24, 2.45) is 5.92 Å². The van der Waals surface area contributed by atoms with Crippen LogP contribution in [0.3, 0.4) is 0 Å². The molecule has 0 saturated heterocycles. The number of hydrogen-bond donors (Lipinski definition) is 2. The van der Waals surface area contributed by atoms with Crippen molar-refractivity contribution in [2.45, 2.75) is 38.6 Å². The first kappa shape index (κ1) is 17.5. The van der Waals surface area contributed by atoms with E-state index < -0.39 is 17.8 Å². The van der Waals surface area contributed by atoms with E-state index in [1.807, 2.05) is 0 Å². The molecule has 1 fully saturated rings. The Morgan fingerprint density at radius 1 is 1.35 bits per heavy atom. The van der Waals surface area contributed by atoms with Crippen LogP contribution in [0.5, 0.6) is 5.75 Å². The van der Waals surface area contributed by atoms with E-state index in [4.69, 9.17) is 16.3 Å². The van der Waals surface area contributed by atoms with Gasteiger partial charge in [-0.1, -0.05) is 31.4 Å². The molecule has 0 bridgehead atoms. The average Bonchev–Trinajstić information content (AvgIpc) is 2.51. The predicted molar refractivity (Wildman–Crippen MR) is 85.0 cm³/mol. The van der Waals surface area contributed by atoms with E-state index in [-0.39, 0.29) is 23.4 Å². The molecule has 5 nitrogen and oxygen atoms in total. The topological polar surface area (TPSA) is 67.4 Å². The number of rotatable bonds is 4. The van der Waals surface area contributed by atoms with Crippen molar-refractivity contribution in [1.82, 2.24) is 10.6 Å². The summed E-state index contributed by atoms with van der Waals surface area (Å²) in [5.41, 5.74) is 0. The Bertz CT molecular complexity index is 582. The number of imide groups is 1. The molecule has 23 heavy (non-hydrogen) atoms. The van der Waals surface area contributed by atoms with Crippen LogP contribution in [0.15, 0.2) is 18.2 Å². The lowest BCUT2D eigenvalue weighted by molar-refractivity contribution is -0.122. The summed E-state index contributed by atoms with van der Waals surface area (Å²) < 4.78 is 18.2. The van der Waals surface area contributed by atoms with Gasteiger partial charge in [0, 0.05) is 12.1 Å². The quantitative estimate of drug-likeness (QED) is 0.882. The van der Waals surface area contributed by atoms with Crippen LogP contribution in [0.4, 0.5) is 9.18 Å². The molecule has 1 saturated carbocycles. The van der Waals surface area contributed by atoms with Crippen molar-refractivity contribution in [3.05, 3.63) is 29.0 Å². The molecule has 2 atom stereocenters. The molecule has 0 unspecified atom stereocenters. The third-order valence-electron chi connectivity index (χ3n) is 3.94. The van der Waals surface area contributed by atoms with Gasteiger partial charge < -0.3 is 10.1 Å². The van der Waals surface area contributed by atoms with E-state index in [0.717, 1.165) is 25.3 Å². The van der Waals surface area contributed by atoms with Crippen LogP contribution in [0, 0.1) is 11.7 Å². The number of amides is 3. The molecule has 2 rings (SSSR count). The molecule has 0 aliphatic heterocycles. The maximum Gasteiger partial charge on any atom is 0.321 e. The first-order valence-corrected chi connectivity index (χ1v) is 8.01. The van der Waals surface area contributed by atoms with Gasteiger partial charge in [0.15, 0.2) is 6.61 Å². The molecule has 1 aromatic rings. The molecule has 1 aromatic carbocycles. The molecule has 0 aromatic heterocycles. The summed E-state index contributed by atoms with van der Waals surface area (Å²) in [6, 6.07) is 3.35. The van der Waals surface area contributed by atoms with E-state index in [2.05, 4.69) is 17.6 Å². The monoisotopic (exact) mass is 342 g/mol. The summed E-state index contributed by atoms with van der Waals surface area (Å²) >= 11 is 5.62. The molecule has 126 valence electrons. The van der Waals surface area contributed by atoms with Crippen molar-refractivity contribution in [3.63, 3.8) is 0 Å². The maximum atomic E-state index is 13.0. The molecule has 0 spiro atoms. The molecular formula is C16H20ClFN2O3. The summed E-state index contributed by atoms with van der Waals surface area (Å²) in [6.07, 6.45) is 4.26. The highest BCUT2D eigenvalue weighted by Crippen LogP contribution is 2.23. The van der Waals surface area contributed by atoms with E-state index in [1.54, 1.807) is 0 Å². The van der Waals surface area contributed by atoms with Crippen molar-refractivity contribution >= 4 is 23.5 Å². The van der Waals surface area contributed by atoms with Crippen LogP contribution in [0.25, 0.3) is 0 Å². The first-order valence-electron chi connectivity index (χ1n) is 7.64. The SMILES string of the molecule is C[C@H]1CCCC[C@@H]1NC(=O)NC(=O)COc1ccc(F)c(Cl)c1. The summed E-state index contributed by atoms with van der Waals surface area (Å²) in [6.45, 7) is 1.74. The molecule has 3 amide bonds. The number of carbonyl (C=O) groups is 2. The lowest BCUT2D eigenvalue weighted by Crippen LogP contribution is -2.48. The number of benzene rings is 1. The van der Waals surface area contributed by atoms with Crippen LogP contribution in [-0.2, 0) is 4.79 Å². The molecule has 1 aliphatic carbocycles. The second-order valence-electron chi connectivity index (χ2n) is 5.75. The number of halogens is 2. The fraction of sp³-hybridized carbons (Fsp3) is 0.500. The molecule has 0 radical (unpaired) electrons. The summed E-state index contributed by atoms with van der Waals surface area (Å²) in [5.74, 6) is -0.481. The van der Waals surface area contributed by atoms with Crippen LogP contribution in [0.1, 0.15) is 32.6 Å². The second-order valence-corrected chi connectivity index (χ2v) is 6.16. The Hall–Kier alpha value is -1.82. The zero-order chi connectivity index (χ0) is 16.8. The number of ether oxygens (including phenoxy) is 1. The van der Waals surface area contributed by atoms with Crippen LogP contribution < -0.4 is 15.4 Å². The maximum absolute atomic E-state index is 13.0. The normalized spacial score (nSPS) is 20.7. The zero-order valence-corrected chi connectivity index (χ0v) is 13.7. The molecular weight excluding hydrogens is 323 g/mol. The minimum absolute atomic E-state index is 0.0908. The van der Waals surface area contributed by atoms with Gasteiger partial charge in [-0.05, 0) is 30.9 Å². The lowest BCUT2D eigenvalue weighted by Gasteiger charge is -2.29. The van der Waals surface area contributed by atoms with Crippen LogP contribution in [0.2, 0.25) is 5.02 Å². The van der Waals surface area contributed by atoms with E-state index in [9.17, 15) is 14.0 Å². The van der Waals surface area contributed by atoms with E-state index in [0.29, 0.717) is 5.92 Å². The van der Waals surface area contributed by atoms with Gasteiger partial charge >= 0.3 is 6.03 Å². The third-order valence-corrected chi connectivity index (χ3v) is 4.23. The summed E-state index contributed by atoms with van der Waals surface area (Å²) in [7, 11) is 0. The Labute approximate surface area is 139 Å². The van der Waals surface area contributed by atoms with Gasteiger partial charge in [-0.15, -0.1) is 0 Å². The standard InChI is InChI=1S/C16H20ClFN2O3/c1-10-4-2-3-5-14(10)19-16(22)20-15(21)9-23-11-6-7-13(18)12(17)8-11/h6-8,10,14H,2-5,9H2,1H3,(H2,19,20,21,22)/t10-,14-/m0/s1. The molecule has 1 aliphatic rings. The minimum atomic E-state index is -0.577. The van der Waals surface area contributed by atoms with Crippen molar-refractivity contribution < 1.29 is 18.7 Å². The van der Waals surface area contributed by atoms with Crippen LogP contribution in [-0.4, -0.2) is 24.6 Å². The first-order chi connectivity index (χ1) is 11.0. The van der Waals surface area contributed by atoms with E-state index >= 15 is 0 Å². The average molecular weight is 343 g/mol. The molecule has 7 heteroatoms. The van der Waals surface area contributed by atoms with Gasteiger partial charge in [0.1, 0.15) is 11.6 Å². The van der Waals surface area contributed by atoms with Crippen LogP contribution >= 0.6 is 11.6 Å². The molecule has 0 heterocycles. The highest BCUT2D eigenvalue weighted by Gasteiger charge is 2.23. The van der Waals surface area contributed by atoms with Crippen molar-refractivity contribution in [1.29, 1.82) is 0 Å². The summed E-state index contributed by atoms with van der Waals surface area (Å²) in [5, 5.41) is 4.95. The fourth-order valence-electron chi connectivity index (χ4n) is 2.61. The Morgan fingerprint density at radius 3 is 2.78 bits per heavy atom. The third kappa shape index (κ3) is 5.39. The van der Waals surface area contributed by atoms with Gasteiger partial charge in [0.25, 0.3) is 5.91 Å². The Morgan fingerprint density at radius 2 is 2.09 bits per heavy atom. The lowest BCUT2D eigenvalue weighted by atomic mass is 9.86. The Balaban J connectivity index is 1.75. The Kier molecular flexibility index (Phi) is 6.21. The smallest absolute Gasteiger partial charge is 0.321 e. The highest BCUT2D eigenvalue weighted by atomic mass is 35.5. The molecule has 2 N–H and O–H groups in total. The van der Waals surface area contributed by atoms with E-state index in [1.165, 1.54) is 18.6 Å². The number of nitrogens with one attached hydrogen (secondary N) is 2.